The Balaban J connectivity index is 3.47. The summed E-state index contributed by atoms with van der Waals surface area (Å²) in [6.45, 7) is 9.86. The van der Waals surface area contributed by atoms with Crippen molar-refractivity contribution < 1.29 is 19.1 Å². The van der Waals surface area contributed by atoms with Crippen LogP contribution < -0.4 is 0 Å². The molecule has 0 aromatic heterocycles. The molecular formula is C32H62O4. The topological polar surface area (TPSA) is 52.6 Å². The first-order valence-corrected chi connectivity index (χ1v) is 15.8. The molecule has 0 fully saturated rings. The molecule has 0 N–H and O–H groups in total. The second kappa shape index (κ2) is 27.0. The summed E-state index contributed by atoms with van der Waals surface area (Å²) >= 11 is 0. The van der Waals surface area contributed by atoms with Gasteiger partial charge in [0.1, 0.15) is 0 Å². The van der Waals surface area contributed by atoms with Crippen LogP contribution in [-0.2, 0) is 19.1 Å². The summed E-state index contributed by atoms with van der Waals surface area (Å²) < 4.78 is 10.9. The molecule has 214 valence electrons. The predicted octanol–water partition coefficient (Wildman–Crippen LogP) is 9.97. The van der Waals surface area contributed by atoms with Gasteiger partial charge in [0, 0.05) is 6.42 Å². The van der Waals surface area contributed by atoms with E-state index in [4.69, 9.17) is 9.47 Å². The zero-order chi connectivity index (χ0) is 26.7. The highest BCUT2D eigenvalue weighted by Gasteiger charge is 2.21. The third kappa shape index (κ3) is 23.3. The lowest BCUT2D eigenvalue weighted by molar-refractivity contribution is -0.150. The number of ether oxygens (including phenoxy) is 2. The molecular weight excluding hydrogens is 448 g/mol. The van der Waals surface area contributed by atoms with Crippen LogP contribution in [0.25, 0.3) is 0 Å². The summed E-state index contributed by atoms with van der Waals surface area (Å²) in [6, 6.07) is 0. The van der Waals surface area contributed by atoms with Crippen molar-refractivity contribution in [1.29, 1.82) is 0 Å². The SMILES string of the molecule is CCCCCCCCOC(=O)CCCCCCCCCCC(C)C(C)C(=O)OCCCCCCCC. The fourth-order valence-corrected chi connectivity index (χ4v) is 4.61. The maximum absolute atomic E-state index is 12.3. The van der Waals surface area contributed by atoms with E-state index in [0.717, 1.165) is 32.1 Å². The Hall–Kier alpha value is -1.06. The Bertz CT molecular complexity index is 491. The minimum absolute atomic E-state index is 0.00239. The van der Waals surface area contributed by atoms with Crippen molar-refractivity contribution in [2.24, 2.45) is 11.8 Å². The molecule has 36 heavy (non-hydrogen) atoms. The zero-order valence-corrected chi connectivity index (χ0v) is 24.8. The smallest absolute Gasteiger partial charge is 0.308 e. The van der Waals surface area contributed by atoms with Crippen molar-refractivity contribution in [2.75, 3.05) is 13.2 Å². The molecule has 0 rings (SSSR count). The van der Waals surface area contributed by atoms with Crippen LogP contribution in [0, 0.1) is 11.8 Å². The van der Waals surface area contributed by atoms with Crippen LogP contribution in [0.5, 0.6) is 0 Å². The van der Waals surface area contributed by atoms with E-state index in [1.165, 1.54) is 103 Å². The third-order valence-corrected chi connectivity index (χ3v) is 7.52. The molecule has 0 saturated carbocycles. The van der Waals surface area contributed by atoms with E-state index in [1.807, 2.05) is 6.92 Å². The predicted molar refractivity (Wildman–Crippen MR) is 153 cm³/mol. The van der Waals surface area contributed by atoms with Crippen LogP contribution in [-0.4, -0.2) is 25.2 Å². The number of esters is 2. The number of carbonyl (C=O) groups is 2. The first kappa shape index (κ1) is 34.9. The summed E-state index contributed by atoms with van der Waals surface area (Å²) in [5, 5.41) is 0. The van der Waals surface area contributed by atoms with Crippen molar-refractivity contribution in [1.82, 2.24) is 0 Å². The van der Waals surface area contributed by atoms with Gasteiger partial charge in [0.15, 0.2) is 0 Å². The van der Waals surface area contributed by atoms with Crippen molar-refractivity contribution >= 4 is 11.9 Å². The van der Waals surface area contributed by atoms with E-state index in [0.29, 0.717) is 25.6 Å². The summed E-state index contributed by atoms with van der Waals surface area (Å²) in [5.74, 6) is 0.367. The Morgan fingerprint density at radius 3 is 1.47 bits per heavy atom. The van der Waals surface area contributed by atoms with Gasteiger partial charge in [0.05, 0.1) is 19.1 Å². The van der Waals surface area contributed by atoms with Gasteiger partial charge in [-0.2, -0.15) is 0 Å². The summed E-state index contributed by atoms with van der Waals surface area (Å²) in [4.78, 5) is 24.1. The lowest BCUT2D eigenvalue weighted by Gasteiger charge is -2.18. The molecule has 4 nitrogen and oxygen atoms in total. The Kier molecular flexibility index (Phi) is 26.2. The van der Waals surface area contributed by atoms with Gasteiger partial charge in [0.2, 0.25) is 0 Å². The first-order chi connectivity index (χ1) is 17.5. The molecule has 0 radical (unpaired) electrons. The zero-order valence-electron chi connectivity index (χ0n) is 24.8. The number of hydrogen-bond donors (Lipinski definition) is 0. The van der Waals surface area contributed by atoms with E-state index in [9.17, 15) is 9.59 Å². The molecule has 0 heterocycles. The van der Waals surface area contributed by atoms with E-state index >= 15 is 0 Å². The van der Waals surface area contributed by atoms with Gasteiger partial charge in [-0.3, -0.25) is 9.59 Å². The largest absolute Gasteiger partial charge is 0.466 e. The molecule has 0 spiro atoms. The quantitative estimate of drug-likeness (QED) is 0.0814. The minimum Gasteiger partial charge on any atom is -0.466 e. The average Bonchev–Trinajstić information content (AvgIpc) is 2.87. The van der Waals surface area contributed by atoms with Gasteiger partial charge in [0.25, 0.3) is 0 Å². The van der Waals surface area contributed by atoms with Crippen molar-refractivity contribution in [3.8, 4) is 0 Å². The molecule has 2 unspecified atom stereocenters. The van der Waals surface area contributed by atoms with E-state index < -0.39 is 0 Å². The normalized spacial score (nSPS) is 12.9. The Labute approximate surface area is 225 Å². The van der Waals surface area contributed by atoms with E-state index in [-0.39, 0.29) is 17.9 Å². The van der Waals surface area contributed by atoms with E-state index in [1.54, 1.807) is 0 Å². The summed E-state index contributed by atoms with van der Waals surface area (Å²) in [5.41, 5.74) is 0. The van der Waals surface area contributed by atoms with Gasteiger partial charge >= 0.3 is 11.9 Å². The van der Waals surface area contributed by atoms with E-state index in [2.05, 4.69) is 20.8 Å². The molecule has 0 aliphatic carbocycles. The fraction of sp³-hybridized carbons (Fsp3) is 0.938. The number of hydrogen-bond acceptors (Lipinski definition) is 4. The monoisotopic (exact) mass is 510 g/mol. The maximum Gasteiger partial charge on any atom is 0.308 e. The molecule has 0 aliphatic heterocycles. The summed E-state index contributed by atoms with van der Waals surface area (Å²) in [7, 11) is 0. The Morgan fingerprint density at radius 1 is 0.528 bits per heavy atom. The first-order valence-electron chi connectivity index (χ1n) is 15.8. The highest BCUT2D eigenvalue weighted by atomic mass is 16.5. The van der Waals surface area contributed by atoms with Crippen LogP contribution >= 0.6 is 0 Å². The van der Waals surface area contributed by atoms with Crippen molar-refractivity contribution in [3.63, 3.8) is 0 Å². The number of rotatable bonds is 27. The van der Waals surface area contributed by atoms with Gasteiger partial charge in [-0.1, -0.05) is 137 Å². The van der Waals surface area contributed by atoms with Gasteiger partial charge in [-0.15, -0.1) is 0 Å². The van der Waals surface area contributed by atoms with Crippen molar-refractivity contribution in [2.45, 2.75) is 169 Å². The molecule has 0 amide bonds. The average molecular weight is 511 g/mol. The van der Waals surface area contributed by atoms with Crippen LogP contribution in [0.15, 0.2) is 0 Å². The molecule has 0 bridgehead atoms. The molecule has 0 aromatic rings. The highest BCUT2D eigenvalue weighted by molar-refractivity contribution is 5.72. The molecule has 0 saturated heterocycles. The van der Waals surface area contributed by atoms with Gasteiger partial charge in [-0.25, -0.2) is 0 Å². The Morgan fingerprint density at radius 2 is 0.944 bits per heavy atom. The molecule has 0 aromatic carbocycles. The lowest BCUT2D eigenvalue weighted by atomic mass is 9.90. The number of carbonyl (C=O) groups excluding carboxylic acids is 2. The standard InChI is InChI=1S/C32H62O4/c1-5-7-9-11-19-23-27-35-31(33)26-22-18-16-14-13-15-17-21-25-29(3)30(4)32(34)36-28-24-20-12-10-8-6-2/h29-30H,5-28H2,1-4H3. The molecule has 4 heteroatoms. The minimum atomic E-state index is -0.0156. The van der Waals surface area contributed by atoms with Crippen molar-refractivity contribution in [3.05, 3.63) is 0 Å². The van der Waals surface area contributed by atoms with Crippen LogP contribution in [0.1, 0.15) is 169 Å². The fourth-order valence-electron chi connectivity index (χ4n) is 4.61. The highest BCUT2D eigenvalue weighted by Crippen LogP contribution is 2.21. The number of unbranched alkanes of at least 4 members (excludes halogenated alkanes) is 17. The third-order valence-electron chi connectivity index (χ3n) is 7.52. The van der Waals surface area contributed by atoms with Crippen LogP contribution in [0.4, 0.5) is 0 Å². The van der Waals surface area contributed by atoms with Gasteiger partial charge in [-0.05, 0) is 31.6 Å². The van der Waals surface area contributed by atoms with Gasteiger partial charge < -0.3 is 9.47 Å². The lowest BCUT2D eigenvalue weighted by Crippen LogP contribution is -2.22. The summed E-state index contributed by atoms with van der Waals surface area (Å²) in [6.07, 6.45) is 25.9. The van der Waals surface area contributed by atoms with Crippen LogP contribution in [0.3, 0.4) is 0 Å². The molecule has 0 aliphatic rings. The maximum atomic E-state index is 12.3. The second-order valence-electron chi connectivity index (χ2n) is 11.1. The molecule has 2 atom stereocenters. The second-order valence-corrected chi connectivity index (χ2v) is 11.1. The van der Waals surface area contributed by atoms with Crippen LogP contribution in [0.2, 0.25) is 0 Å².